The summed E-state index contributed by atoms with van der Waals surface area (Å²) >= 11 is 0. The van der Waals surface area contributed by atoms with Crippen LogP contribution in [0.25, 0.3) is 0 Å². The Labute approximate surface area is 80.3 Å². The first-order valence-electron chi connectivity index (χ1n) is 5.34. The van der Waals surface area contributed by atoms with Gasteiger partial charge < -0.3 is 5.11 Å². The summed E-state index contributed by atoms with van der Waals surface area (Å²) in [6.45, 7) is 3.71. The second-order valence-corrected chi connectivity index (χ2v) is 4.40. The van der Waals surface area contributed by atoms with E-state index in [1.165, 1.54) is 19.3 Å². The zero-order chi connectivity index (χ0) is 9.84. The highest BCUT2D eigenvalue weighted by Gasteiger charge is 2.28. The van der Waals surface area contributed by atoms with Crippen LogP contribution >= 0.6 is 0 Å². The molecule has 2 heteroatoms. The Balaban J connectivity index is 2.45. The van der Waals surface area contributed by atoms with Crippen molar-refractivity contribution >= 4 is 5.78 Å². The number of carbonyl (C=O) groups excluding carboxylic acids is 1. The molecule has 13 heavy (non-hydrogen) atoms. The standard InChI is InChI=1S/C11H20O2/c1-8(2)10(12)11(13)9-6-4-3-5-7-9/h8-9,11,13H,3-7H2,1-2H3. The van der Waals surface area contributed by atoms with Crippen molar-refractivity contribution in [2.24, 2.45) is 11.8 Å². The summed E-state index contributed by atoms with van der Waals surface area (Å²) in [4.78, 5) is 11.5. The molecular formula is C11H20O2. The fourth-order valence-corrected chi connectivity index (χ4v) is 2.02. The molecule has 1 atom stereocenters. The maximum absolute atomic E-state index is 11.5. The predicted molar refractivity (Wildman–Crippen MR) is 52.4 cm³/mol. The van der Waals surface area contributed by atoms with Crippen molar-refractivity contribution in [1.29, 1.82) is 0 Å². The lowest BCUT2D eigenvalue weighted by Crippen LogP contribution is -2.33. The lowest BCUT2D eigenvalue weighted by atomic mass is 9.82. The van der Waals surface area contributed by atoms with Gasteiger partial charge in [-0.1, -0.05) is 33.1 Å². The number of hydrogen-bond donors (Lipinski definition) is 1. The summed E-state index contributed by atoms with van der Waals surface area (Å²) in [6, 6.07) is 0. The molecule has 0 heterocycles. The number of rotatable bonds is 3. The number of Topliss-reactive ketones (excluding diaryl/α,β-unsaturated/α-hetero) is 1. The quantitative estimate of drug-likeness (QED) is 0.729. The molecule has 0 aliphatic heterocycles. The van der Waals surface area contributed by atoms with Gasteiger partial charge in [0.1, 0.15) is 6.10 Å². The Hall–Kier alpha value is -0.370. The average Bonchev–Trinajstić information content (AvgIpc) is 2.17. The predicted octanol–water partition coefficient (Wildman–Crippen LogP) is 2.15. The highest BCUT2D eigenvalue weighted by Crippen LogP contribution is 2.27. The van der Waals surface area contributed by atoms with Gasteiger partial charge in [-0.3, -0.25) is 4.79 Å². The fraction of sp³-hybridized carbons (Fsp3) is 0.909. The highest BCUT2D eigenvalue weighted by molar-refractivity contribution is 5.84. The molecule has 0 aromatic rings. The maximum Gasteiger partial charge on any atom is 0.164 e. The number of hydrogen-bond acceptors (Lipinski definition) is 2. The molecule has 0 amide bonds. The van der Waals surface area contributed by atoms with Crippen LogP contribution in [0.2, 0.25) is 0 Å². The normalized spacial score (nSPS) is 21.8. The molecule has 1 aliphatic rings. The number of aliphatic hydroxyl groups excluding tert-OH is 1. The van der Waals surface area contributed by atoms with Crippen LogP contribution in [-0.2, 0) is 4.79 Å². The van der Waals surface area contributed by atoms with E-state index in [9.17, 15) is 9.90 Å². The van der Waals surface area contributed by atoms with Crippen LogP contribution in [0.5, 0.6) is 0 Å². The Morgan fingerprint density at radius 1 is 1.23 bits per heavy atom. The molecule has 0 aromatic carbocycles. The summed E-state index contributed by atoms with van der Waals surface area (Å²) in [6.07, 6.45) is 4.97. The van der Waals surface area contributed by atoms with E-state index >= 15 is 0 Å². The highest BCUT2D eigenvalue weighted by atomic mass is 16.3. The van der Waals surface area contributed by atoms with E-state index in [4.69, 9.17) is 0 Å². The van der Waals surface area contributed by atoms with Crippen LogP contribution < -0.4 is 0 Å². The van der Waals surface area contributed by atoms with E-state index < -0.39 is 6.10 Å². The Morgan fingerprint density at radius 2 is 1.77 bits per heavy atom. The molecule has 0 radical (unpaired) electrons. The van der Waals surface area contributed by atoms with E-state index in [1.54, 1.807) is 0 Å². The molecule has 0 saturated heterocycles. The first-order valence-corrected chi connectivity index (χ1v) is 5.34. The molecule has 0 bridgehead atoms. The molecule has 1 unspecified atom stereocenters. The van der Waals surface area contributed by atoms with Gasteiger partial charge in [0, 0.05) is 5.92 Å². The second-order valence-electron chi connectivity index (χ2n) is 4.40. The second kappa shape index (κ2) is 4.75. The van der Waals surface area contributed by atoms with Crippen molar-refractivity contribution in [3.8, 4) is 0 Å². The topological polar surface area (TPSA) is 37.3 Å². The van der Waals surface area contributed by atoms with Crippen LogP contribution in [0.3, 0.4) is 0 Å². The molecule has 1 N–H and O–H groups in total. The molecule has 1 aliphatic carbocycles. The first-order chi connectivity index (χ1) is 6.13. The van der Waals surface area contributed by atoms with Crippen LogP contribution in [0.4, 0.5) is 0 Å². The SMILES string of the molecule is CC(C)C(=O)C(O)C1CCCCC1. The Bertz CT molecular complexity index is 169. The monoisotopic (exact) mass is 184 g/mol. The smallest absolute Gasteiger partial charge is 0.164 e. The van der Waals surface area contributed by atoms with Gasteiger partial charge in [0.05, 0.1) is 0 Å². The molecule has 1 fully saturated rings. The molecular weight excluding hydrogens is 164 g/mol. The number of aliphatic hydroxyl groups is 1. The van der Waals surface area contributed by atoms with Crippen LogP contribution in [0.15, 0.2) is 0 Å². The minimum Gasteiger partial charge on any atom is -0.385 e. The third kappa shape index (κ3) is 2.80. The van der Waals surface area contributed by atoms with Crippen molar-refractivity contribution in [3.63, 3.8) is 0 Å². The molecule has 0 spiro atoms. The number of ketones is 1. The minimum atomic E-state index is -0.694. The number of carbonyl (C=O) groups is 1. The van der Waals surface area contributed by atoms with E-state index in [-0.39, 0.29) is 17.6 Å². The van der Waals surface area contributed by atoms with Crippen LogP contribution in [0.1, 0.15) is 46.0 Å². The van der Waals surface area contributed by atoms with Gasteiger partial charge in [0.2, 0.25) is 0 Å². The van der Waals surface area contributed by atoms with E-state index in [0.29, 0.717) is 0 Å². The van der Waals surface area contributed by atoms with E-state index in [0.717, 1.165) is 12.8 Å². The average molecular weight is 184 g/mol. The largest absolute Gasteiger partial charge is 0.385 e. The van der Waals surface area contributed by atoms with Gasteiger partial charge in [0.15, 0.2) is 5.78 Å². The van der Waals surface area contributed by atoms with Gasteiger partial charge in [-0.2, -0.15) is 0 Å². The molecule has 2 nitrogen and oxygen atoms in total. The van der Waals surface area contributed by atoms with Crippen molar-refractivity contribution in [1.82, 2.24) is 0 Å². The van der Waals surface area contributed by atoms with Crippen molar-refractivity contribution < 1.29 is 9.90 Å². The van der Waals surface area contributed by atoms with Gasteiger partial charge in [-0.05, 0) is 18.8 Å². The van der Waals surface area contributed by atoms with Crippen molar-refractivity contribution in [3.05, 3.63) is 0 Å². The Morgan fingerprint density at radius 3 is 2.23 bits per heavy atom. The summed E-state index contributed by atoms with van der Waals surface area (Å²) < 4.78 is 0. The van der Waals surface area contributed by atoms with Crippen molar-refractivity contribution in [2.45, 2.75) is 52.1 Å². The van der Waals surface area contributed by atoms with Gasteiger partial charge in [-0.15, -0.1) is 0 Å². The fourth-order valence-electron chi connectivity index (χ4n) is 2.02. The molecule has 1 rings (SSSR count). The zero-order valence-corrected chi connectivity index (χ0v) is 8.62. The van der Waals surface area contributed by atoms with Gasteiger partial charge in [-0.25, -0.2) is 0 Å². The summed E-state index contributed by atoms with van der Waals surface area (Å²) in [5, 5.41) is 9.76. The van der Waals surface area contributed by atoms with Gasteiger partial charge in [0.25, 0.3) is 0 Å². The van der Waals surface area contributed by atoms with E-state index in [1.807, 2.05) is 13.8 Å². The molecule has 1 saturated carbocycles. The summed E-state index contributed by atoms with van der Waals surface area (Å²) in [5.74, 6) is 0.229. The third-order valence-electron chi connectivity index (χ3n) is 2.96. The maximum atomic E-state index is 11.5. The lowest BCUT2D eigenvalue weighted by molar-refractivity contribution is -0.133. The van der Waals surface area contributed by atoms with Crippen LogP contribution in [0, 0.1) is 11.8 Å². The third-order valence-corrected chi connectivity index (χ3v) is 2.96. The zero-order valence-electron chi connectivity index (χ0n) is 8.62. The molecule has 0 aromatic heterocycles. The van der Waals surface area contributed by atoms with E-state index in [2.05, 4.69) is 0 Å². The lowest BCUT2D eigenvalue weighted by Gasteiger charge is -2.26. The Kier molecular flexibility index (Phi) is 3.91. The van der Waals surface area contributed by atoms with Crippen molar-refractivity contribution in [2.75, 3.05) is 0 Å². The van der Waals surface area contributed by atoms with Crippen LogP contribution in [-0.4, -0.2) is 17.0 Å². The first kappa shape index (κ1) is 10.7. The molecule has 76 valence electrons. The summed E-state index contributed by atoms with van der Waals surface area (Å²) in [5.41, 5.74) is 0. The summed E-state index contributed by atoms with van der Waals surface area (Å²) in [7, 11) is 0. The van der Waals surface area contributed by atoms with Gasteiger partial charge >= 0.3 is 0 Å². The minimum absolute atomic E-state index is 0.0203.